The number of hydrogen-bond donors (Lipinski definition) is 0. The first-order valence-electron chi connectivity index (χ1n) is 7.56. The molecular weight excluding hydrogens is 316 g/mol. The first-order chi connectivity index (χ1) is 9.38. The molecule has 0 saturated heterocycles. The Bertz CT molecular complexity index is 438. The molecule has 114 valence electrons. The van der Waals surface area contributed by atoms with E-state index in [-0.39, 0.29) is 18.0 Å². The Morgan fingerprint density at radius 1 is 1.30 bits per heavy atom. The number of carbonyl (C=O) groups excluding carboxylic acids is 1. The van der Waals surface area contributed by atoms with E-state index in [4.69, 9.17) is 0 Å². The second-order valence-corrected chi connectivity index (χ2v) is 6.76. The van der Waals surface area contributed by atoms with Gasteiger partial charge in [-0.1, -0.05) is 19.8 Å². The normalized spacial score (nSPS) is 11.4. The number of unbranched alkanes of at least 4 members (excludes halogenated alkanes) is 2. The molecule has 0 radical (unpaired) electrons. The first kappa shape index (κ1) is 17.3. The van der Waals surface area contributed by atoms with Crippen molar-refractivity contribution in [1.82, 2.24) is 9.47 Å². The minimum Gasteiger partial charge on any atom is -0.340 e. The summed E-state index contributed by atoms with van der Waals surface area (Å²) in [5, 5.41) is 0. The summed E-state index contributed by atoms with van der Waals surface area (Å²) in [5.41, 5.74) is 0.775. The third-order valence-corrected chi connectivity index (χ3v) is 3.91. The van der Waals surface area contributed by atoms with Crippen LogP contribution in [0.2, 0.25) is 0 Å². The van der Waals surface area contributed by atoms with Gasteiger partial charge in [-0.25, -0.2) is 0 Å². The Morgan fingerprint density at radius 3 is 2.45 bits per heavy atom. The lowest BCUT2D eigenvalue weighted by Crippen LogP contribution is -2.38. The molecule has 1 heterocycles. The van der Waals surface area contributed by atoms with Gasteiger partial charge < -0.3 is 9.47 Å². The Hall–Kier alpha value is -0.770. The molecule has 1 rings (SSSR count). The molecule has 0 saturated carbocycles. The maximum absolute atomic E-state index is 12.8. The van der Waals surface area contributed by atoms with Gasteiger partial charge in [0.1, 0.15) is 5.69 Å². The number of amides is 1. The van der Waals surface area contributed by atoms with Crippen LogP contribution in [0.5, 0.6) is 0 Å². The van der Waals surface area contributed by atoms with Crippen molar-refractivity contribution in [1.29, 1.82) is 0 Å². The largest absolute Gasteiger partial charge is 0.340 e. The average molecular weight is 343 g/mol. The van der Waals surface area contributed by atoms with E-state index in [0.717, 1.165) is 23.1 Å². The molecular formula is C16H27BrN2O. The van der Waals surface area contributed by atoms with Gasteiger partial charge in [-0.05, 0) is 56.1 Å². The van der Waals surface area contributed by atoms with Crippen molar-refractivity contribution in [2.75, 3.05) is 6.54 Å². The Kier molecular flexibility index (Phi) is 6.80. The maximum Gasteiger partial charge on any atom is 0.270 e. The average Bonchev–Trinajstić information content (AvgIpc) is 2.76. The molecule has 0 unspecified atom stereocenters. The number of rotatable bonds is 7. The molecule has 0 bridgehead atoms. The van der Waals surface area contributed by atoms with Gasteiger partial charge in [-0.2, -0.15) is 0 Å². The highest BCUT2D eigenvalue weighted by Gasteiger charge is 2.22. The van der Waals surface area contributed by atoms with Gasteiger partial charge in [-0.15, -0.1) is 0 Å². The fraction of sp³-hybridized carbons (Fsp3) is 0.688. The number of nitrogens with zero attached hydrogens (tertiary/aromatic N) is 2. The van der Waals surface area contributed by atoms with E-state index >= 15 is 0 Å². The highest BCUT2D eigenvalue weighted by molar-refractivity contribution is 9.10. The number of hydrogen-bond acceptors (Lipinski definition) is 1. The van der Waals surface area contributed by atoms with E-state index in [0.29, 0.717) is 0 Å². The van der Waals surface area contributed by atoms with Crippen molar-refractivity contribution < 1.29 is 4.79 Å². The van der Waals surface area contributed by atoms with Crippen LogP contribution in [0.1, 0.15) is 70.4 Å². The molecule has 0 aromatic carbocycles. The molecule has 0 aliphatic rings. The van der Waals surface area contributed by atoms with Crippen LogP contribution in [0.3, 0.4) is 0 Å². The SMILES string of the molecule is CCCCCN(C(=O)c1cc(Br)cn1C(C)C)C(C)C. The molecule has 1 amide bonds. The lowest BCUT2D eigenvalue weighted by Gasteiger charge is -2.27. The highest BCUT2D eigenvalue weighted by atomic mass is 79.9. The standard InChI is InChI=1S/C16H27BrN2O/c1-6-7-8-9-18(12(2)3)16(20)15-10-14(17)11-19(15)13(4)5/h10-13H,6-9H2,1-5H3. The first-order valence-corrected chi connectivity index (χ1v) is 8.36. The van der Waals surface area contributed by atoms with Crippen LogP contribution in [-0.4, -0.2) is 28.0 Å². The number of halogens is 1. The molecule has 1 aromatic heterocycles. The van der Waals surface area contributed by atoms with Crippen molar-refractivity contribution in [3.63, 3.8) is 0 Å². The number of carbonyl (C=O) groups is 1. The summed E-state index contributed by atoms with van der Waals surface area (Å²) in [6, 6.07) is 2.44. The van der Waals surface area contributed by atoms with E-state index in [1.54, 1.807) is 0 Å². The lowest BCUT2D eigenvalue weighted by molar-refractivity contribution is 0.0689. The fourth-order valence-corrected chi connectivity index (χ4v) is 2.76. The van der Waals surface area contributed by atoms with Gasteiger partial charge in [0.25, 0.3) is 5.91 Å². The Morgan fingerprint density at radius 2 is 1.95 bits per heavy atom. The van der Waals surface area contributed by atoms with Gasteiger partial charge in [0.2, 0.25) is 0 Å². The van der Waals surface area contributed by atoms with Crippen molar-refractivity contribution in [2.45, 2.75) is 66.0 Å². The summed E-state index contributed by atoms with van der Waals surface area (Å²) in [6.07, 6.45) is 5.41. The van der Waals surface area contributed by atoms with Gasteiger partial charge in [0.15, 0.2) is 0 Å². The summed E-state index contributed by atoms with van der Waals surface area (Å²) in [5.74, 6) is 0.135. The predicted molar refractivity (Wildman–Crippen MR) is 88.2 cm³/mol. The third kappa shape index (κ3) is 4.37. The van der Waals surface area contributed by atoms with Gasteiger partial charge in [-0.3, -0.25) is 4.79 Å². The lowest BCUT2D eigenvalue weighted by atomic mass is 10.2. The van der Waals surface area contributed by atoms with Crippen molar-refractivity contribution in [3.05, 3.63) is 22.4 Å². The molecule has 4 heteroatoms. The van der Waals surface area contributed by atoms with Crippen LogP contribution in [-0.2, 0) is 0 Å². The second kappa shape index (κ2) is 7.87. The third-order valence-electron chi connectivity index (χ3n) is 3.48. The zero-order valence-corrected chi connectivity index (χ0v) is 14.9. The molecule has 1 aromatic rings. The van der Waals surface area contributed by atoms with Gasteiger partial charge in [0.05, 0.1) is 0 Å². The molecule has 0 N–H and O–H groups in total. The van der Waals surface area contributed by atoms with Crippen LogP contribution in [0.4, 0.5) is 0 Å². The minimum absolute atomic E-state index is 0.135. The predicted octanol–water partition coefficient (Wildman–Crippen LogP) is 4.87. The van der Waals surface area contributed by atoms with Gasteiger partial charge in [0, 0.05) is 29.3 Å². The van der Waals surface area contributed by atoms with Crippen molar-refractivity contribution in [2.24, 2.45) is 0 Å². The molecule has 0 aliphatic heterocycles. The van der Waals surface area contributed by atoms with E-state index in [9.17, 15) is 4.79 Å². The highest BCUT2D eigenvalue weighted by Crippen LogP contribution is 2.21. The summed E-state index contributed by atoms with van der Waals surface area (Å²) in [4.78, 5) is 14.8. The molecule has 0 fully saturated rings. The fourth-order valence-electron chi connectivity index (χ4n) is 2.32. The Labute approximate surface area is 131 Å². The van der Waals surface area contributed by atoms with E-state index in [1.807, 2.05) is 21.7 Å². The zero-order valence-electron chi connectivity index (χ0n) is 13.3. The van der Waals surface area contributed by atoms with Crippen LogP contribution in [0, 0.1) is 0 Å². The topological polar surface area (TPSA) is 25.2 Å². The maximum atomic E-state index is 12.8. The smallest absolute Gasteiger partial charge is 0.270 e. The second-order valence-electron chi connectivity index (χ2n) is 5.84. The van der Waals surface area contributed by atoms with E-state index in [2.05, 4.69) is 50.5 Å². The van der Waals surface area contributed by atoms with Crippen LogP contribution < -0.4 is 0 Å². The van der Waals surface area contributed by atoms with Crippen LogP contribution in [0.15, 0.2) is 16.7 Å². The van der Waals surface area contributed by atoms with Crippen molar-refractivity contribution in [3.8, 4) is 0 Å². The molecule has 3 nitrogen and oxygen atoms in total. The van der Waals surface area contributed by atoms with Gasteiger partial charge >= 0.3 is 0 Å². The summed E-state index contributed by atoms with van der Waals surface area (Å²) in [6.45, 7) is 11.4. The molecule has 0 spiro atoms. The molecule has 0 atom stereocenters. The summed E-state index contributed by atoms with van der Waals surface area (Å²) < 4.78 is 3.01. The van der Waals surface area contributed by atoms with Crippen LogP contribution in [0.25, 0.3) is 0 Å². The van der Waals surface area contributed by atoms with E-state index < -0.39 is 0 Å². The van der Waals surface area contributed by atoms with E-state index in [1.165, 1.54) is 12.8 Å². The number of aromatic nitrogens is 1. The molecule has 20 heavy (non-hydrogen) atoms. The summed E-state index contributed by atoms with van der Waals surface area (Å²) >= 11 is 3.48. The minimum atomic E-state index is 0.135. The monoisotopic (exact) mass is 342 g/mol. The van der Waals surface area contributed by atoms with Crippen molar-refractivity contribution >= 4 is 21.8 Å². The van der Waals surface area contributed by atoms with Crippen LogP contribution >= 0.6 is 15.9 Å². The zero-order chi connectivity index (χ0) is 15.3. The quantitative estimate of drug-likeness (QED) is 0.648. The summed E-state index contributed by atoms with van der Waals surface area (Å²) in [7, 11) is 0. The Balaban J connectivity index is 2.94. The molecule has 0 aliphatic carbocycles.